The smallest absolute Gasteiger partial charge is 0.364 e. The number of carbonyl (C=O) groups is 12. The molecule has 15 N–H and O–H groups in total. The second-order valence-electron chi connectivity index (χ2n) is 19.0. The first-order valence-corrected chi connectivity index (χ1v) is 26.3. The van der Waals surface area contributed by atoms with Crippen LogP contribution in [0.5, 0.6) is 0 Å². The van der Waals surface area contributed by atoms with E-state index in [-0.39, 0.29) is 87.1 Å². The van der Waals surface area contributed by atoms with E-state index in [0.717, 1.165) is 0 Å². The lowest BCUT2D eigenvalue weighted by Gasteiger charge is -2.24. The van der Waals surface area contributed by atoms with Gasteiger partial charge in [-0.15, -0.1) is 0 Å². The molecule has 30 nitrogen and oxygen atoms in total. The summed E-state index contributed by atoms with van der Waals surface area (Å²) in [6, 6.07) is 34.8. The highest BCUT2D eigenvalue weighted by Crippen LogP contribution is 2.29. The fraction of sp³-hybridized carbons (Fsp3) is 0.136. The van der Waals surface area contributed by atoms with Crippen LogP contribution in [-0.2, 0) is 43.2 Å². The minimum Gasteiger partial charge on any atom is -0.476 e. The Morgan fingerprint density at radius 3 is 0.865 bits per heavy atom. The normalized spacial score (nSPS) is 11.4. The van der Waals surface area contributed by atoms with Crippen LogP contribution in [0.4, 0.5) is 51.2 Å². The highest BCUT2D eigenvalue weighted by Gasteiger charge is 2.31. The van der Waals surface area contributed by atoms with Crippen LogP contribution in [-0.4, -0.2) is 119 Å². The third-order valence-corrected chi connectivity index (χ3v) is 12.6. The van der Waals surface area contributed by atoms with Gasteiger partial charge in [-0.2, -0.15) is 15.3 Å². The van der Waals surface area contributed by atoms with Gasteiger partial charge in [0.1, 0.15) is 0 Å². The quantitative estimate of drug-likeness (QED) is 0.0135. The van der Waals surface area contributed by atoms with E-state index in [4.69, 9.17) is 30.6 Å². The minimum absolute atomic E-state index is 0.0930. The first-order chi connectivity index (χ1) is 42.4. The Kier molecular flexibility index (Phi) is 22.7. The van der Waals surface area contributed by atoms with Gasteiger partial charge in [0.25, 0.3) is 34.9 Å². The number of amides is 6. The maximum Gasteiger partial charge on any atom is 0.364 e. The Hall–Kier alpha value is -12.6. The fourth-order valence-corrected chi connectivity index (χ4v) is 8.05. The molecule has 0 spiro atoms. The van der Waals surface area contributed by atoms with Crippen molar-refractivity contribution in [1.82, 2.24) is 0 Å². The number of hydrogen-bond donors (Lipinski definition) is 15. The average Bonchev–Trinajstić information content (AvgIpc) is 3.16. The summed E-state index contributed by atoms with van der Waals surface area (Å²) in [7, 11) is 0. The van der Waals surface area contributed by atoms with E-state index in [2.05, 4.69) is 63.5 Å². The molecule has 0 aromatic heterocycles. The number of benzene rings is 6. The topological polar surface area (TPSA) is 472 Å². The molecule has 458 valence electrons. The molecule has 6 rings (SSSR count). The average molecular weight is 1220 g/mol. The van der Waals surface area contributed by atoms with Gasteiger partial charge in [0.2, 0.25) is 17.7 Å². The van der Waals surface area contributed by atoms with Crippen LogP contribution in [0.15, 0.2) is 161 Å². The van der Waals surface area contributed by atoms with E-state index in [1.165, 1.54) is 91.0 Å². The van der Waals surface area contributed by atoms with Gasteiger partial charge in [-0.25, -0.2) is 28.8 Å². The molecule has 6 amide bonds. The van der Waals surface area contributed by atoms with Gasteiger partial charge in [-0.1, -0.05) is 32.0 Å². The van der Waals surface area contributed by atoms with Crippen LogP contribution in [0.25, 0.3) is 0 Å². The van der Waals surface area contributed by atoms with Gasteiger partial charge in [0.05, 0.1) is 17.1 Å². The van der Waals surface area contributed by atoms with Gasteiger partial charge in [0, 0.05) is 68.6 Å². The van der Waals surface area contributed by atoms with Crippen molar-refractivity contribution < 1.29 is 88.2 Å². The van der Waals surface area contributed by atoms with Crippen LogP contribution in [0.2, 0.25) is 0 Å². The van der Waals surface area contributed by atoms with Crippen molar-refractivity contribution in [3.05, 3.63) is 162 Å². The summed E-state index contributed by atoms with van der Waals surface area (Å²) < 4.78 is 0. The van der Waals surface area contributed by atoms with Crippen molar-refractivity contribution in [1.29, 1.82) is 0 Å². The highest BCUT2D eigenvalue weighted by molar-refractivity contribution is 6.62. The number of anilines is 9. The number of hydrazone groups is 3. The van der Waals surface area contributed by atoms with Crippen LogP contribution in [0, 0.1) is 17.8 Å². The summed E-state index contributed by atoms with van der Waals surface area (Å²) in [5.74, 6) is -16.8. The van der Waals surface area contributed by atoms with Crippen molar-refractivity contribution in [2.24, 2.45) is 33.1 Å². The molecule has 0 aliphatic carbocycles. The summed E-state index contributed by atoms with van der Waals surface area (Å²) >= 11 is 0. The first-order valence-electron chi connectivity index (χ1n) is 26.3. The predicted octanol–water partition coefficient (Wildman–Crippen LogP) is 6.53. The maximum atomic E-state index is 14.5. The maximum absolute atomic E-state index is 14.5. The zero-order valence-electron chi connectivity index (χ0n) is 46.6. The van der Waals surface area contributed by atoms with Gasteiger partial charge < -0.3 is 62.5 Å². The van der Waals surface area contributed by atoms with Crippen molar-refractivity contribution in [3.63, 3.8) is 0 Å². The largest absolute Gasteiger partial charge is 0.476 e. The zero-order chi connectivity index (χ0) is 64.9. The van der Waals surface area contributed by atoms with E-state index in [0.29, 0.717) is 0 Å². The van der Waals surface area contributed by atoms with E-state index in [9.17, 15) is 57.5 Å². The Morgan fingerprint density at radius 2 is 0.596 bits per heavy atom. The number of hydrogen-bond acceptors (Lipinski definition) is 18. The molecule has 0 aliphatic heterocycles. The molecule has 0 saturated heterocycles. The zero-order valence-corrected chi connectivity index (χ0v) is 46.6. The van der Waals surface area contributed by atoms with E-state index < -0.39 is 106 Å². The lowest BCUT2D eigenvalue weighted by molar-refractivity contribution is -0.136. The van der Waals surface area contributed by atoms with E-state index in [1.807, 2.05) is 0 Å². The second kappa shape index (κ2) is 30.8. The second-order valence-corrected chi connectivity index (χ2v) is 19.0. The lowest BCUT2D eigenvalue weighted by Crippen LogP contribution is -2.33. The number of carboxylic acids is 6. The molecule has 0 aliphatic rings. The van der Waals surface area contributed by atoms with Gasteiger partial charge in [-0.3, -0.25) is 45.0 Å². The fourth-order valence-electron chi connectivity index (χ4n) is 8.05. The molecule has 6 aromatic carbocycles. The third-order valence-electron chi connectivity index (χ3n) is 12.6. The molecular formula is C59H54N12O18. The van der Waals surface area contributed by atoms with Crippen LogP contribution < -0.4 is 48.2 Å². The number of aliphatic carboxylic acids is 6. The molecule has 3 unspecified atom stereocenters. The molecule has 30 heteroatoms. The molecule has 89 heavy (non-hydrogen) atoms. The van der Waals surface area contributed by atoms with Crippen molar-refractivity contribution >= 4 is 140 Å². The summed E-state index contributed by atoms with van der Waals surface area (Å²) in [6.07, 6.45) is 0.00691. The Morgan fingerprint density at radius 1 is 0.337 bits per heavy atom. The van der Waals surface area contributed by atoms with E-state index >= 15 is 0 Å². The summed E-state index contributed by atoms with van der Waals surface area (Å²) in [5.41, 5.74) is 5.87. The number of nitrogens with one attached hydrogen (secondary N) is 9. The van der Waals surface area contributed by atoms with Gasteiger partial charge in [-0.05, 0) is 147 Å². The molecule has 0 radical (unpaired) electrons. The van der Waals surface area contributed by atoms with Crippen LogP contribution >= 0.6 is 0 Å². The summed E-state index contributed by atoms with van der Waals surface area (Å²) in [4.78, 5) is 149. The Balaban J connectivity index is 1.15. The third kappa shape index (κ3) is 19.5. The lowest BCUT2D eigenvalue weighted by atomic mass is 9.84. The molecule has 6 aromatic rings. The molecule has 0 heterocycles. The van der Waals surface area contributed by atoms with Crippen LogP contribution in [0.3, 0.4) is 0 Å². The van der Waals surface area contributed by atoms with Crippen molar-refractivity contribution in [2.75, 3.05) is 48.2 Å². The SMILES string of the molecule is CCC(CC(CC(C)C(=O)Nc1cccc(NC(=O)c2ccc(NN=C(C(=O)O)C(=O)O)cc2)c1)C(=O)Nc1cccc(NC(=O)c2ccc(NN=C(C(=O)O)C(=O)O)cc2)c1)C(=O)Nc1cccc(NC(=O)c2ccc(NN=C(C(=O)O)C(=O)O)cc2)c1. The molecular weight excluding hydrogens is 1160 g/mol. The Labute approximate surface area is 502 Å². The minimum atomic E-state index is -1.77. The van der Waals surface area contributed by atoms with Crippen molar-refractivity contribution in [3.8, 4) is 0 Å². The molecule has 0 fully saturated rings. The summed E-state index contributed by atoms with van der Waals surface area (Å²) in [5, 5.41) is 80.8. The number of nitrogens with zero attached hydrogens (tertiary/aromatic N) is 3. The molecule has 0 bridgehead atoms. The predicted molar refractivity (Wildman–Crippen MR) is 323 cm³/mol. The van der Waals surface area contributed by atoms with E-state index in [1.54, 1.807) is 68.4 Å². The monoisotopic (exact) mass is 1220 g/mol. The molecule has 0 saturated carbocycles. The first kappa shape index (κ1) is 65.5. The Bertz CT molecular complexity index is 3780. The van der Waals surface area contributed by atoms with Crippen LogP contribution in [0.1, 0.15) is 64.2 Å². The molecule has 3 atom stereocenters. The number of carbonyl (C=O) groups excluding carboxylic acids is 6. The summed E-state index contributed by atoms with van der Waals surface area (Å²) in [6.45, 7) is 3.30. The number of carboxylic acid groups (broad SMARTS) is 6. The van der Waals surface area contributed by atoms with Gasteiger partial charge in [0.15, 0.2) is 0 Å². The van der Waals surface area contributed by atoms with Gasteiger partial charge >= 0.3 is 35.8 Å². The number of rotatable bonds is 29. The highest BCUT2D eigenvalue weighted by atomic mass is 16.4. The van der Waals surface area contributed by atoms with Crippen molar-refractivity contribution in [2.45, 2.75) is 33.1 Å². The standard InChI is InChI=1S/C59H54N12O18/c1-3-31(49(73)61-40-8-5-10-42(28-40)63-51(75)33-15-21-37(22-16-33)67-70-46(56(82)83)57(84)85)26-35(53(77)65-44-12-6-11-43(29-44)64-52(76)34-17-23-38(24-18-34)68-71-47(58(86)87)59(88)89)25-30(2)48(72)60-39-7-4-9-41(27-39)62-50(74)32-13-19-36(20-14-32)66-69-45(54(78)79)55(80)81/h4-24,27-31,35,66-68H,3,25-26H2,1-2H3,(H,60,72)(H,61,73)(H,62,74)(H,63,75)(H,64,76)(H,65,77)(H,78,79)(H,80,81)(H,82,83)(H,84,85)(H,86,87)(H,88,89).